The van der Waals surface area contributed by atoms with Gasteiger partial charge in [0.25, 0.3) is 5.91 Å². The molecule has 2 aromatic carbocycles. The summed E-state index contributed by atoms with van der Waals surface area (Å²) in [4.78, 5) is 13.7. The lowest BCUT2D eigenvalue weighted by Gasteiger charge is -2.17. The van der Waals surface area contributed by atoms with Gasteiger partial charge in [-0.15, -0.1) is 0 Å². The third-order valence-electron chi connectivity index (χ3n) is 3.45. The summed E-state index contributed by atoms with van der Waals surface area (Å²) in [7, 11) is 3.43. The summed E-state index contributed by atoms with van der Waals surface area (Å²) in [5.74, 6) is 0.633. The molecule has 0 spiro atoms. The van der Waals surface area contributed by atoms with Crippen molar-refractivity contribution in [2.24, 2.45) is 0 Å². The number of methoxy groups -OCH3 is 1. The highest BCUT2D eigenvalue weighted by molar-refractivity contribution is 9.10. The van der Waals surface area contributed by atoms with Gasteiger partial charge in [-0.1, -0.05) is 30.3 Å². The van der Waals surface area contributed by atoms with Crippen LogP contribution in [0.3, 0.4) is 0 Å². The lowest BCUT2D eigenvalue weighted by molar-refractivity contribution is -0.132. The van der Waals surface area contributed by atoms with Gasteiger partial charge < -0.3 is 14.4 Å². The molecule has 0 saturated heterocycles. The van der Waals surface area contributed by atoms with E-state index >= 15 is 0 Å². The number of hydrogen-bond donors (Lipinski definition) is 0. The van der Waals surface area contributed by atoms with Crippen molar-refractivity contribution in [3.8, 4) is 5.75 Å². The van der Waals surface area contributed by atoms with Crippen LogP contribution in [0.1, 0.15) is 6.42 Å². The Morgan fingerprint density at radius 2 is 2.00 bits per heavy atom. The van der Waals surface area contributed by atoms with Crippen LogP contribution in [0.25, 0.3) is 10.8 Å². The average Bonchev–Trinajstić information content (AvgIpc) is 2.54. The molecule has 0 fully saturated rings. The van der Waals surface area contributed by atoms with Crippen molar-refractivity contribution in [2.75, 3.05) is 33.9 Å². The Bertz CT molecular complexity index is 645. The molecule has 0 aliphatic rings. The number of carbonyl (C=O) groups is 1. The maximum Gasteiger partial charge on any atom is 0.260 e. The van der Waals surface area contributed by atoms with Crippen LogP contribution >= 0.6 is 15.9 Å². The fourth-order valence-corrected chi connectivity index (χ4v) is 2.75. The number of likely N-dealkylation sites (N-methyl/N-ethyl adjacent to an activating group) is 1. The Balaban J connectivity index is 1.96. The highest BCUT2D eigenvalue weighted by atomic mass is 79.9. The largest absolute Gasteiger partial charge is 0.483 e. The van der Waals surface area contributed by atoms with Gasteiger partial charge in [0.1, 0.15) is 5.75 Å². The second-order valence-electron chi connectivity index (χ2n) is 5.05. The maximum absolute atomic E-state index is 12.0. The van der Waals surface area contributed by atoms with Crippen LogP contribution in [0, 0.1) is 0 Å². The second-order valence-corrected chi connectivity index (χ2v) is 5.84. The van der Waals surface area contributed by atoms with Crippen molar-refractivity contribution in [2.45, 2.75) is 6.42 Å². The first-order valence-corrected chi connectivity index (χ1v) is 7.95. The topological polar surface area (TPSA) is 38.8 Å². The number of ether oxygens (including phenoxy) is 2. The molecule has 0 heterocycles. The molecule has 1 amide bonds. The predicted molar refractivity (Wildman–Crippen MR) is 91.3 cm³/mol. The van der Waals surface area contributed by atoms with Crippen molar-refractivity contribution in [1.82, 2.24) is 4.90 Å². The van der Waals surface area contributed by atoms with Gasteiger partial charge in [-0.05, 0) is 39.2 Å². The summed E-state index contributed by atoms with van der Waals surface area (Å²) in [6.45, 7) is 1.34. The van der Waals surface area contributed by atoms with Gasteiger partial charge in [0.2, 0.25) is 0 Å². The molecule has 0 aromatic heterocycles. The van der Waals surface area contributed by atoms with E-state index in [-0.39, 0.29) is 12.5 Å². The van der Waals surface area contributed by atoms with Gasteiger partial charge in [0.05, 0.1) is 4.47 Å². The SMILES string of the molecule is COCCCN(C)C(=O)COc1ccc2ccccc2c1Br. The first-order chi connectivity index (χ1) is 10.6. The summed E-state index contributed by atoms with van der Waals surface area (Å²) < 4.78 is 11.5. The highest BCUT2D eigenvalue weighted by Crippen LogP contribution is 2.32. The van der Waals surface area contributed by atoms with Gasteiger partial charge in [0, 0.05) is 27.3 Å². The lowest BCUT2D eigenvalue weighted by Crippen LogP contribution is -2.32. The van der Waals surface area contributed by atoms with Crippen molar-refractivity contribution >= 4 is 32.6 Å². The van der Waals surface area contributed by atoms with E-state index in [1.807, 2.05) is 36.4 Å². The first kappa shape index (κ1) is 16.8. The van der Waals surface area contributed by atoms with Gasteiger partial charge >= 0.3 is 0 Å². The van der Waals surface area contributed by atoms with Gasteiger partial charge in [-0.3, -0.25) is 4.79 Å². The summed E-state index contributed by atoms with van der Waals surface area (Å²) >= 11 is 3.55. The van der Waals surface area contributed by atoms with Crippen molar-refractivity contribution in [3.63, 3.8) is 0 Å². The smallest absolute Gasteiger partial charge is 0.260 e. The van der Waals surface area contributed by atoms with E-state index in [1.165, 1.54) is 0 Å². The molecule has 118 valence electrons. The van der Waals surface area contributed by atoms with Crippen molar-refractivity contribution < 1.29 is 14.3 Å². The number of carbonyl (C=O) groups excluding carboxylic acids is 1. The van der Waals surface area contributed by atoms with E-state index in [0.717, 1.165) is 21.7 Å². The van der Waals surface area contributed by atoms with E-state index in [2.05, 4.69) is 15.9 Å². The fourth-order valence-electron chi connectivity index (χ4n) is 2.15. The molecule has 4 nitrogen and oxygen atoms in total. The van der Waals surface area contributed by atoms with Crippen molar-refractivity contribution in [3.05, 3.63) is 40.9 Å². The number of amides is 1. The minimum absolute atomic E-state index is 0.0282. The molecule has 22 heavy (non-hydrogen) atoms. The normalized spacial score (nSPS) is 10.7. The predicted octanol–water partition coefficient (Wildman–Crippen LogP) is 3.48. The zero-order chi connectivity index (χ0) is 15.9. The molecule has 0 radical (unpaired) electrons. The standard InChI is InChI=1S/C17H20BrNO3/c1-19(10-5-11-21-2)16(20)12-22-15-9-8-13-6-3-4-7-14(13)17(15)18/h3-4,6-9H,5,10-12H2,1-2H3. The average molecular weight is 366 g/mol. The van der Waals surface area contributed by atoms with Crippen LogP contribution in [-0.4, -0.2) is 44.7 Å². The van der Waals surface area contributed by atoms with Crippen LogP contribution in [0.4, 0.5) is 0 Å². The van der Waals surface area contributed by atoms with Crippen LogP contribution in [0.2, 0.25) is 0 Å². The van der Waals surface area contributed by atoms with E-state index < -0.39 is 0 Å². The molecular weight excluding hydrogens is 346 g/mol. The zero-order valence-corrected chi connectivity index (χ0v) is 14.4. The fraction of sp³-hybridized carbons (Fsp3) is 0.353. The Hall–Kier alpha value is -1.59. The third-order valence-corrected chi connectivity index (χ3v) is 4.26. The van der Waals surface area contributed by atoms with E-state index in [1.54, 1.807) is 19.1 Å². The molecule has 0 atom stereocenters. The number of halogens is 1. The molecule has 5 heteroatoms. The summed E-state index contributed by atoms with van der Waals surface area (Å²) in [5.41, 5.74) is 0. The van der Waals surface area contributed by atoms with Gasteiger partial charge in [0.15, 0.2) is 6.61 Å². The monoisotopic (exact) mass is 365 g/mol. The van der Waals surface area contributed by atoms with Crippen molar-refractivity contribution in [1.29, 1.82) is 0 Å². The summed E-state index contributed by atoms with van der Waals surface area (Å²) in [6.07, 6.45) is 0.818. The van der Waals surface area contributed by atoms with Crippen LogP contribution in [0.15, 0.2) is 40.9 Å². The number of rotatable bonds is 7. The maximum atomic E-state index is 12.0. The first-order valence-electron chi connectivity index (χ1n) is 7.16. The Labute approximate surface area is 139 Å². The number of hydrogen-bond acceptors (Lipinski definition) is 3. The zero-order valence-electron chi connectivity index (χ0n) is 12.8. The summed E-state index contributed by atoms with van der Waals surface area (Å²) in [6, 6.07) is 11.9. The van der Waals surface area contributed by atoms with E-state index in [0.29, 0.717) is 18.9 Å². The van der Waals surface area contributed by atoms with Gasteiger partial charge in [-0.25, -0.2) is 0 Å². The van der Waals surface area contributed by atoms with E-state index in [4.69, 9.17) is 9.47 Å². The number of benzene rings is 2. The Morgan fingerprint density at radius 3 is 2.77 bits per heavy atom. The molecular formula is C17H20BrNO3. The minimum Gasteiger partial charge on any atom is -0.483 e. The van der Waals surface area contributed by atoms with E-state index in [9.17, 15) is 4.79 Å². The molecule has 0 saturated carbocycles. The summed E-state index contributed by atoms with van der Waals surface area (Å²) in [5, 5.41) is 2.20. The molecule has 0 aliphatic carbocycles. The lowest BCUT2D eigenvalue weighted by atomic mass is 10.1. The number of nitrogens with zero attached hydrogens (tertiary/aromatic N) is 1. The van der Waals surface area contributed by atoms with Crippen LogP contribution in [0.5, 0.6) is 5.75 Å². The molecule has 2 rings (SSSR count). The molecule has 0 aliphatic heterocycles. The van der Waals surface area contributed by atoms with Crippen LogP contribution < -0.4 is 4.74 Å². The molecule has 2 aromatic rings. The Kier molecular flexibility index (Phi) is 6.21. The quantitative estimate of drug-likeness (QED) is 0.705. The van der Waals surface area contributed by atoms with Crippen LogP contribution in [-0.2, 0) is 9.53 Å². The molecule has 0 bridgehead atoms. The minimum atomic E-state index is -0.0452. The highest BCUT2D eigenvalue weighted by Gasteiger charge is 2.11. The number of fused-ring (bicyclic) bond motifs is 1. The molecule has 0 N–H and O–H groups in total. The molecule has 0 unspecified atom stereocenters. The Morgan fingerprint density at radius 1 is 1.23 bits per heavy atom. The van der Waals surface area contributed by atoms with Gasteiger partial charge in [-0.2, -0.15) is 0 Å². The second kappa shape index (κ2) is 8.15. The third kappa shape index (κ3) is 4.21.